The standard InChI is InChI=1S/C46H38N2/c1-45(2)23-24-46(3,4)38-28-43-34(25-37(38)45)35-26-42-36(27-41(35)48(43)39-20-12-15-29-13-8-10-18-32(29)39)44-33-19-11-9-14-30(33)21-22-40(44)47(42)31-16-6-5-7-17-31/h5-22,25-28H,23-24H2,1-4H3. The monoisotopic (exact) mass is 618 g/mol. The molecule has 0 unspecified atom stereocenters. The molecule has 2 aromatic heterocycles. The third-order valence-corrected chi connectivity index (χ3v) is 11.5. The second-order valence-electron chi connectivity index (χ2n) is 15.3. The summed E-state index contributed by atoms with van der Waals surface area (Å²) in [6.45, 7) is 9.75. The van der Waals surface area contributed by atoms with Gasteiger partial charge in [-0.25, -0.2) is 0 Å². The topological polar surface area (TPSA) is 9.86 Å². The Balaban J connectivity index is 1.45. The molecule has 232 valence electrons. The zero-order valence-corrected chi connectivity index (χ0v) is 28.0. The fourth-order valence-corrected chi connectivity index (χ4v) is 8.87. The Bertz CT molecular complexity index is 2770. The summed E-state index contributed by atoms with van der Waals surface area (Å²) in [6.07, 6.45) is 2.39. The largest absolute Gasteiger partial charge is 0.309 e. The highest BCUT2D eigenvalue weighted by atomic mass is 15.0. The van der Waals surface area contributed by atoms with Gasteiger partial charge in [-0.3, -0.25) is 0 Å². The molecule has 0 amide bonds. The predicted octanol–water partition coefficient (Wildman–Crippen LogP) is 12.5. The number of benzene rings is 7. The van der Waals surface area contributed by atoms with Gasteiger partial charge in [0.05, 0.1) is 27.8 Å². The molecule has 48 heavy (non-hydrogen) atoms. The maximum Gasteiger partial charge on any atom is 0.0549 e. The highest BCUT2D eigenvalue weighted by molar-refractivity contribution is 6.25. The molecule has 1 aliphatic carbocycles. The van der Waals surface area contributed by atoms with Crippen LogP contribution in [0, 0.1) is 0 Å². The van der Waals surface area contributed by atoms with Gasteiger partial charge in [0.1, 0.15) is 0 Å². The molecule has 0 spiro atoms. The first-order chi connectivity index (χ1) is 23.3. The second kappa shape index (κ2) is 9.61. The van der Waals surface area contributed by atoms with Crippen molar-refractivity contribution in [2.75, 3.05) is 0 Å². The fraction of sp³-hybridized carbons (Fsp3) is 0.174. The number of para-hydroxylation sites is 1. The predicted molar refractivity (Wildman–Crippen MR) is 205 cm³/mol. The molecule has 0 saturated carbocycles. The summed E-state index contributed by atoms with van der Waals surface area (Å²) in [7, 11) is 0. The van der Waals surface area contributed by atoms with Crippen LogP contribution in [-0.4, -0.2) is 9.13 Å². The SMILES string of the molecule is CC1(C)CCC(C)(C)c2cc3c(cc21)c1cc2c(cc1n3-c1cccc3ccccc13)c1c3ccccc3ccc1n2-c1ccccc1. The maximum absolute atomic E-state index is 2.57. The van der Waals surface area contributed by atoms with E-state index in [9.17, 15) is 0 Å². The van der Waals surface area contributed by atoms with Crippen molar-refractivity contribution in [3.63, 3.8) is 0 Å². The lowest BCUT2D eigenvalue weighted by Crippen LogP contribution is -2.33. The summed E-state index contributed by atoms with van der Waals surface area (Å²) in [6, 6.07) is 50.0. The van der Waals surface area contributed by atoms with Crippen molar-refractivity contribution in [2.24, 2.45) is 0 Å². The summed E-state index contributed by atoms with van der Waals surface area (Å²) in [5.41, 5.74) is 10.7. The Morgan fingerprint density at radius 3 is 1.75 bits per heavy atom. The van der Waals surface area contributed by atoms with Gasteiger partial charge < -0.3 is 9.13 Å². The molecule has 0 atom stereocenters. The van der Waals surface area contributed by atoms with E-state index < -0.39 is 0 Å². The highest BCUT2D eigenvalue weighted by Gasteiger charge is 2.38. The summed E-state index contributed by atoms with van der Waals surface area (Å²) >= 11 is 0. The minimum atomic E-state index is 0.114. The van der Waals surface area contributed by atoms with E-state index >= 15 is 0 Å². The quantitative estimate of drug-likeness (QED) is 0.182. The molecule has 0 N–H and O–H groups in total. The normalized spacial score (nSPS) is 15.7. The van der Waals surface area contributed by atoms with E-state index in [0.29, 0.717) is 0 Å². The minimum Gasteiger partial charge on any atom is -0.309 e. The van der Waals surface area contributed by atoms with Gasteiger partial charge in [0.15, 0.2) is 0 Å². The Morgan fingerprint density at radius 1 is 0.417 bits per heavy atom. The summed E-state index contributed by atoms with van der Waals surface area (Å²) in [5.74, 6) is 0. The van der Waals surface area contributed by atoms with Gasteiger partial charge in [-0.1, -0.05) is 113 Å². The van der Waals surface area contributed by atoms with Gasteiger partial charge in [-0.2, -0.15) is 0 Å². The summed E-state index contributed by atoms with van der Waals surface area (Å²) < 4.78 is 5.05. The molecule has 2 nitrogen and oxygen atoms in total. The van der Waals surface area contributed by atoms with Crippen molar-refractivity contribution in [1.29, 1.82) is 0 Å². The molecule has 0 aliphatic heterocycles. The molecule has 9 aromatic rings. The van der Waals surface area contributed by atoms with Crippen LogP contribution in [0.1, 0.15) is 51.7 Å². The average molecular weight is 619 g/mol. The van der Waals surface area contributed by atoms with Gasteiger partial charge >= 0.3 is 0 Å². The Labute approximate surface area is 280 Å². The van der Waals surface area contributed by atoms with Crippen LogP contribution >= 0.6 is 0 Å². The minimum absolute atomic E-state index is 0.114. The lowest BCUT2D eigenvalue weighted by molar-refractivity contribution is 0.332. The Morgan fingerprint density at radius 2 is 0.979 bits per heavy atom. The summed E-state index contributed by atoms with van der Waals surface area (Å²) in [5, 5.41) is 10.3. The second-order valence-corrected chi connectivity index (χ2v) is 15.3. The number of aromatic nitrogens is 2. The number of nitrogens with zero attached hydrogens (tertiary/aromatic N) is 2. The van der Waals surface area contributed by atoms with Gasteiger partial charge in [0.2, 0.25) is 0 Å². The molecule has 0 fully saturated rings. The molecule has 0 radical (unpaired) electrons. The smallest absolute Gasteiger partial charge is 0.0549 e. The van der Waals surface area contributed by atoms with Crippen LogP contribution in [-0.2, 0) is 10.8 Å². The lowest BCUT2D eigenvalue weighted by atomic mass is 9.63. The molecule has 7 aromatic carbocycles. The first kappa shape index (κ1) is 27.7. The van der Waals surface area contributed by atoms with Crippen molar-refractivity contribution in [3.05, 3.63) is 145 Å². The molecular formula is C46H38N2. The number of hydrogen-bond donors (Lipinski definition) is 0. The van der Waals surface area contributed by atoms with E-state index in [1.165, 1.54) is 100 Å². The molecule has 10 rings (SSSR count). The van der Waals surface area contributed by atoms with E-state index in [0.717, 1.165) is 0 Å². The van der Waals surface area contributed by atoms with Crippen LogP contribution in [0.25, 0.3) is 76.5 Å². The highest BCUT2D eigenvalue weighted by Crippen LogP contribution is 2.49. The Kier molecular flexibility index (Phi) is 5.55. The van der Waals surface area contributed by atoms with Crippen LogP contribution in [0.5, 0.6) is 0 Å². The first-order valence-electron chi connectivity index (χ1n) is 17.3. The summed E-state index contributed by atoms with van der Waals surface area (Å²) in [4.78, 5) is 0. The van der Waals surface area contributed by atoms with Crippen LogP contribution in [0.3, 0.4) is 0 Å². The van der Waals surface area contributed by atoms with Crippen LogP contribution < -0.4 is 0 Å². The third kappa shape index (κ3) is 3.75. The van der Waals surface area contributed by atoms with Gasteiger partial charge in [-0.15, -0.1) is 0 Å². The van der Waals surface area contributed by atoms with Gasteiger partial charge in [0, 0.05) is 32.6 Å². The first-order valence-corrected chi connectivity index (χ1v) is 17.3. The number of rotatable bonds is 2. The van der Waals surface area contributed by atoms with Crippen molar-refractivity contribution < 1.29 is 0 Å². The van der Waals surface area contributed by atoms with Crippen molar-refractivity contribution in [3.8, 4) is 11.4 Å². The zero-order valence-electron chi connectivity index (χ0n) is 28.0. The van der Waals surface area contributed by atoms with E-state index in [1.807, 2.05) is 0 Å². The van der Waals surface area contributed by atoms with Crippen molar-refractivity contribution in [2.45, 2.75) is 51.4 Å². The van der Waals surface area contributed by atoms with Crippen LogP contribution in [0.4, 0.5) is 0 Å². The van der Waals surface area contributed by atoms with E-state index in [4.69, 9.17) is 0 Å². The van der Waals surface area contributed by atoms with E-state index in [-0.39, 0.29) is 10.8 Å². The maximum atomic E-state index is 2.57. The molecular weight excluding hydrogens is 581 g/mol. The van der Waals surface area contributed by atoms with Gasteiger partial charge in [-0.05, 0) is 99.5 Å². The molecule has 0 saturated heterocycles. The van der Waals surface area contributed by atoms with E-state index in [1.54, 1.807) is 0 Å². The molecule has 0 bridgehead atoms. The average Bonchev–Trinajstić information content (AvgIpc) is 3.60. The lowest BCUT2D eigenvalue weighted by Gasteiger charge is -2.42. The molecule has 2 heterocycles. The van der Waals surface area contributed by atoms with Crippen molar-refractivity contribution in [1.82, 2.24) is 9.13 Å². The molecule has 2 heteroatoms. The Hall–Kier alpha value is -5.34. The van der Waals surface area contributed by atoms with Crippen LogP contribution in [0.15, 0.2) is 133 Å². The van der Waals surface area contributed by atoms with E-state index in [2.05, 4.69) is 170 Å². The fourth-order valence-electron chi connectivity index (χ4n) is 8.87. The van der Waals surface area contributed by atoms with Gasteiger partial charge in [0.25, 0.3) is 0 Å². The van der Waals surface area contributed by atoms with Crippen LogP contribution in [0.2, 0.25) is 0 Å². The molecule has 1 aliphatic rings. The third-order valence-electron chi connectivity index (χ3n) is 11.5. The zero-order chi connectivity index (χ0) is 32.4. The van der Waals surface area contributed by atoms with Crippen molar-refractivity contribution >= 4 is 65.2 Å². The number of hydrogen-bond acceptors (Lipinski definition) is 0. The number of fused-ring (bicyclic) bond motifs is 10.